The zero-order valence-corrected chi connectivity index (χ0v) is 20.4. The molecule has 3 aromatic rings. The molecule has 3 heterocycles. The van der Waals surface area contributed by atoms with E-state index in [1.54, 1.807) is 23.4 Å². The minimum Gasteiger partial charge on any atom is -0.711 e. The Morgan fingerprint density at radius 2 is 1.62 bits per heavy atom. The summed E-state index contributed by atoms with van der Waals surface area (Å²) in [5, 5.41) is 14.2. The minimum atomic E-state index is -1.32. The normalized spacial score (nSPS) is 16.0. The molecule has 0 aliphatic carbocycles. The highest BCUT2D eigenvalue weighted by Crippen LogP contribution is 2.40. The monoisotopic (exact) mass is 464 g/mol. The second kappa shape index (κ2) is 8.12. The van der Waals surface area contributed by atoms with Gasteiger partial charge in [-0.3, -0.25) is 19.4 Å². The Bertz CT molecular complexity index is 1300. The zero-order chi connectivity index (χ0) is 25.1. The number of anilines is 1. The van der Waals surface area contributed by atoms with Crippen LogP contribution in [0.5, 0.6) is 0 Å². The van der Waals surface area contributed by atoms with Gasteiger partial charge in [0.1, 0.15) is 29.0 Å². The Labute approximate surface area is 197 Å². The molecule has 0 bridgehead atoms. The molecule has 1 atom stereocenters. The fraction of sp³-hybridized carbons (Fsp3) is 0.375. The molecule has 1 aliphatic rings. The third kappa shape index (κ3) is 3.28. The maximum Gasteiger partial charge on any atom is 0.332 e. The van der Waals surface area contributed by atoms with E-state index in [-0.39, 0.29) is 5.82 Å². The molecule has 1 aliphatic heterocycles. The number of imide groups is 2. The molecule has 1 aromatic carbocycles. The van der Waals surface area contributed by atoms with Gasteiger partial charge in [0, 0.05) is 53.0 Å². The van der Waals surface area contributed by atoms with E-state index in [9.17, 15) is 19.6 Å². The molecule has 34 heavy (non-hydrogen) atoms. The molecule has 1 saturated heterocycles. The first-order valence-corrected chi connectivity index (χ1v) is 10.9. The van der Waals surface area contributed by atoms with E-state index in [1.807, 2.05) is 51.4 Å². The number of pyridine rings is 1. The summed E-state index contributed by atoms with van der Waals surface area (Å²) >= 11 is 0. The van der Waals surface area contributed by atoms with E-state index < -0.39 is 29.7 Å². The van der Waals surface area contributed by atoms with Crippen molar-refractivity contribution in [2.75, 3.05) is 33.1 Å². The van der Waals surface area contributed by atoms with Gasteiger partial charge in [-0.15, -0.1) is 0 Å². The van der Waals surface area contributed by atoms with E-state index in [0.29, 0.717) is 22.8 Å². The van der Waals surface area contributed by atoms with Crippen molar-refractivity contribution in [1.29, 1.82) is 0 Å². The second-order valence-corrected chi connectivity index (χ2v) is 8.90. The molecule has 0 saturated carbocycles. The lowest BCUT2D eigenvalue weighted by molar-refractivity contribution is -0.621. The van der Waals surface area contributed by atoms with Crippen molar-refractivity contribution in [1.82, 2.24) is 19.4 Å². The number of hydrogen-bond donors (Lipinski definition) is 0. The first-order chi connectivity index (χ1) is 16.0. The average Bonchev–Trinajstić information content (AvgIpc) is 3.01. The Hall–Kier alpha value is -3.95. The van der Waals surface area contributed by atoms with Gasteiger partial charge in [-0.25, -0.2) is 19.1 Å². The molecule has 10 nitrogen and oxygen atoms in total. The summed E-state index contributed by atoms with van der Waals surface area (Å²) in [6.07, 6.45) is 0. The van der Waals surface area contributed by atoms with Crippen molar-refractivity contribution >= 4 is 34.6 Å². The first-order valence-electron chi connectivity index (χ1n) is 10.9. The Balaban J connectivity index is 2.10. The van der Waals surface area contributed by atoms with Crippen LogP contribution in [0.15, 0.2) is 30.3 Å². The van der Waals surface area contributed by atoms with Gasteiger partial charge in [0.25, 0.3) is 5.82 Å². The number of rotatable bonds is 4. The molecule has 10 heteroatoms. The molecule has 0 unspecified atom stereocenters. The van der Waals surface area contributed by atoms with Gasteiger partial charge in [-0.2, -0.15) is 0 Å². The van der Waals surface area contributed by atoms with E-state index in [4.69, 9.17) is 4.98 Å². The van der Waals surface area contributed by atoms with Gasteiger partial charge in [-0.05, 0) is 12.1 Å². The number of barbiturate groups is 1. The van der Waals surface area contributed by atoms with Crippen LogP contribution < -0.4 is 9.63 Å². The number of fused-ring (bicyclic) bond motifs is 1. The number of urea groups is 1. The number of para-hydroxylation sites is 1. The minimum absolute atomic E-state index is 0.234. The Morgan fingerprint density at radius 1 is 1.03 bits per heavy atom. The van der Waals surface area contributed by atoms with Gasteiger partial charge in [0.15, 0.2) is 0 Å². The number of imidazole rings is 1. The van der Waals surface area contributed by atoms with Crippen LogP contribution in [0, 0.1) is 25.0 Å². The van der Waals surface area contributed by atoms with Crippen molar-refractivity contribution in [3.05, 3.63) is 58.3 Å². The summed E-state index contributed by atoms with van der Waals surface area (Å²) in [4.78, 5) is 47.8. The highest BCUT2D eigenvalue weighted by Gasteiger charge is 2.52. The average molecular weight is 465 g/mol. The van der Waals surface area contributed by atoms with Gasteiger partial charge in [0.05, 0.1) is 12.6 Å². The van der Waals surface area contributed by atoms with Crippen LogP contribution in [0.1, 0.15) is 28.7 Å². The lowest BCUT2D eigenvalue weighted by Gasteiger charge is -2.36. The van der Waals surface area contributed by atoms with E-state index in [0.717, 1.165) is 25.4 Å². The zero-order valence-electron chi connectivity index (χ0n) is 20.4. The van der Waals surface area contributed by atoms with Crippen LogP contribution in [0.3, 0.4) is 0 Å². The number of benzene rings is 1. The second-order valence-electron chi connectivity index (χ2n) is 8.90. The van der Waals surface area contributed by atoms with Crippen LogP contribution in [-0.2, 0) is 16.6 Å². The van der Waals surface area contributed by atoms with Crippen LogP contribution in [-0.4, -0.2) is 65.4 Å². The summed E-state index contributed by atoms with van der Waals surface area (Å²) in [6.45, 7) is 3.50. The standard InChI is InChI=1S/C24H28N6O4/c1-13-14(2)30(34)21(27(13)5)18(19-22(31)28(6)24(33)29(7)23(19)32)16-12-15-10-8-9-11-17(15)25-20(16)26(3)4/h8-12,18-19H,1-7H3/t18-/m1/s1. The van der Waals surface area contributed by atoms with Crippen LogP contribution in [0.25, 0.3) is 10.9 Å². The molecule has 0 spiro atoms. The summed E-state index contributed by atoms with van der Waals surface area (Å²) in [6, 6.07) is 8.69. The van der Waals surface area contributed by atoms with Crippen LogP contribution in [0.4, 0.5) is 10.6 Å². The summed E-state index contributed by atoms with van der Waals surface area (Å²) in [7, 11) is 8.05. The highest BCUT2D eigenvalue weighted by molar-refractivity contribution is 6.16. The molecule has 2 aromatic heterocycles. The fourth-order valence-electron chi connectivity index (χ4n) is 4.60. The van der Waals surface area contributed by atoms with Crippen molar-refractivity contribution in [3.63, 3.8) is 0 Å². The van der Waals surface area contributed by atoms with Crippen LogP contribution in [0.2, 0.25) is 0 Å². The van der Waals surface area contributed by atoms with Gasteiger partial charge in [-0.1, -0.05) is 18.2 Å². The predicted molar refractivity (Wildman–Crippen MR) is 126 cm³/mol. The quantitative estimate of drug-likeness (QED) is 0.331. The fourth-order valence-corrected chi connectivity index (χ4v) is 4.60. The van der Waals surface area contributed by atoms with Crippen molar-refractivity contribution in [2.24, 2.45) is 13.0 Å². The number of carbonyl (C=O) groups is 3. The van der Waals surface area contributed by atoms with Crippen molar-refractivity contribution < 1.29 is 19.1 Å². The third-order valence-corrected chi connectivity index (χ3v) is 6.75. The Kier molecular flexibility index (Phi) is 5.55. The first kappa shape index (κ1) is 23.2. The van der Waals surface area contributed by atoms with Crippen molar-refractivity contribution in [2.45, 2.75) is 19.8 Å². The topological polar surface area (TPSA) is 106 Å². The van der Waals surface area contributed by atoms with E-state index >= 15 is 0 Å². The molecule has 0 N–H and O–H groups in total. The lowest BCUT2D eigenvalue weighted by atomic mass is 9.81. The van der Waals surface area contributed by atoms with Gasteiger partial charge >= 0.3 is 6.03 Å². The summed E-state index contributed by atoms with van der Waals surface area (Å²) in [5.74, 6) is -2.86. The van der Waals surface area contributed by atoms with Gasteiger partial charge in [0.2, 0.25) is 11.8 Å². The maximum atomic E-state index is 13.4. The molecule has 1 fully saturated rings. The molecule has 4 amide bonds. The third-order valence-electron chi connectivity index (χ3n) is 6.75. The van der Waals surface area contributed by atoms with E-state index in [1.165, 1.54) is 14.1 Å². The predicted octanol–water partition coefficient (Wildman–Crippen LogP) is 1.69. The molecule has 0 radical (unpaired) electrons. The molecule has 4 rings (SSSR count). The SMILES string of the molecule is Cc1c(C)[n+]([O-])c([C@H](c2cc3ccccc3nc2N(C)C)C2C(=O)N(C)C(=O)N(C)C2=O)n1C. The number of aromatic nitrogens is 3. The number of nitrogens with zero attached hydrogens (tertiary/aromatic N) is 6. The van der Waals surface area contributed by atoms with Crippen molar-refractivity contribution in [3.8, 4) is 0 Å². The number of hydrogen-bond acceptors (Lipinski definition) is 6. The molecular formula is C24H28N6O4. The van der Waals surface area contributed by atoms with Crippen LogP contribution >= 0.6 is 0 Å². The molecular weight excluding hydrogens is 436 g/mol. The maximum absolute atomic E-state index is 13.4. The number of carbonyl (C=O) groups excluding carboxylic acids is 3. The highest BCUT2D eigenvalue weighted by atomic mass is 16.5. The number of amides is 4. The Morgan fingerprint density at radius 3 is 2.15 bits per heavy atom. The summed E-state index contributed by atoms with van der Waals surface area (Å²) in [5.41, 5.74) is 2.48. The van der Waals surface area contributed by atoms with E-state index in [2.05, 4.69) is 0 Å². The lowest BCUT2D eigenvalue weighted by Crippen LogP contribution is -2.59. The molecule has 178 valence electrons. The van der Waals surface area contributed by atoms with Gasteiger partial charge < -0.3 is 10.1 Å². The summed E-state index contributed by atoms with van der Waals surface area (Å²) < 4.78 is 2.48. The largest absolute Gasteiger partial charge is 0.711 e. The smallest absolute Gasteiger partial charge is 0.332 e.